The van der Waals surface area contributed by atoms with Gasteiger partial charge in [-0.15, -0.1) is 0 Å². The lowest BCUT2D eigenvalue weighted by atomic mass is 10.1. The molecular weight excluding hydrogens is 369 g/mol. The van der Waals surface area contributed by atoms with Gasteiger partial charge in [0.05, 0.1) is 0 Å². The van der Waals surface area contributed by atoms with Crippen LogP contribution in [0.5, 0.6) is 5.75 Å². The first-order chi connectivity index (χ1) is 14.1. The maximum absolute atomic E-state index is 14.0. The SMILES string of the molecule is Cc1nccn1-c1ccc(COc2cc(F)cc(NC(=O)C3CC=CC3)c2)cc1. The molecule has 1 N–H and O–H groups in total. The van der Waals surface area contributed by atoms with Gasteiger partial charge in [0, 0.05) is 41.8 Å². The van der Waals surface area contributed by atoms with Crippen LogP contribution in [-0.4, -0.2) is 15.5 Å². The summed E-state index contributed by atoms with van der Waals surface area (Å²) in [5.41, 5.74) is 2.38. The Morgan fingerprint density at radius 3 is 2.66 bits per heavy atom. The molecule has 0 fully saturated rings. The predicted octanol–water partition coefficient (Wildman–Crippen LogP) is 4.80. The lowest BCUT2D eigenvalue weighted by molar-refractivity contribution is -0.119. The van der Waals surface area contributed by atoms with Gasteiger partial charge in [0.2, 0.25) is 5.91 Å². The van der Waals surface area contributed by atoms with E-state index in [0.717, 1.165) is 29.9 Å². The van der Waals surface area contributed by atoms with Crippen molar-refractivity contribution in [1.29, 1.82) is 0 Å². The molecule has 0 atom stereocenters. The van der Waals surface area contributed by atoms with Gasteiger partial charge in [-0.2, -0.15) is 0 Å². The normalized spacial score (nSPS) is 13.6. The van der Waals surface area contributed by atoms with Crippen molar-refractivity contribution in [3.05, 3.63) is 84.2 Å². The molecule has 5 nitrogen and oxygen atoms in total. The molecule has 4 rings (SSSR count). The summed E-state index contributed by atoms with van der Waals surface area (Å²) in [4.78, 5) is 16.5. The molecule has 0 bridgehead atoms. The molecule has 0 aliphatic heterocycles. The maximum atomic E-state index is 14.0. The van der Waals surface area contributed by atoms with Crippen LogP contribution in [0.25, 0.3) is 5.69 Å². The number of benzene rings is 2. The van der Waals surface area contributed by atoms with E-state index < -0.39 is 5.82 Å². The standard InChI is InChI=1S/C23H22FN3O2/c1-16-25-10-11-27(16)21-8-6-17(7-9-21)15-29-22-13-19(24)12-20(14-22)26-23(28)18-4-2-3-5-18/h2-3,6-14,18H,4-5,15H2,1H3,(H,26,28). The van der Waals surface area contributed by atoms with E-state index in [9.17, 15) is 9.18 Å². The molecule has 0 saturated carbocycles. The summed E-state index contributed by atoms with van der Waals surface area (Å²) in [6.45, 7) is 2.24. The van der Waals surface area contributed by atoms with Crippen LogP contribution in [0, 0.1) is 18.7 Å². The maximum Gasteiger partial charge on any atom is 0.228 e. The predicted molar refractivity (Wildman–Crippen MR) is 110 cm³/mol. The van der Waals surface area contributed by atoms with E-state index >= 15 is 0 Å². The fourth-order valence-electron chi connectivity index (χ4n) is 3.36. The lowest BCUT2D eigenvalue weighted by Crippen LogP contribution is -2.20. The highest BCUT2D eigenvalue weighted by atomic mass is 19.1. The molecule has 1 heterocycles. The smallest absolute Gasteiger partial charge is 0.228 e. The van der Waals surface area contributed by atoms with Crippen molar-refractivity contribution in [3.63, 3.8) is 0 Å². The van der Waals surface area contributed by atoms with Gasteiger partial charge in [-0.25, -0.2) is 9.37 Å². The molecule has 0 saturated heterocycles. The molecule has 1 amide bonds. The molecule has 1 aliphatic rings. The highest BCUT2D eigenvalue weighted by molar-refractivity contribution is 5.93. The largest absolute Gasteiger partial charge is 0.489 e. The van der Waals surface area contributed by atoms with E-state index in [0.29, 0.717) is 18.0 Å². The Labute approximate surface area is 168 Å². The van der Waals surface area contributed by atoms with Gasteiger partial charge in [0.25, 0.3) is 0 Å². The third-order valence-electron chi connectivity index (χ3n) is 4.96. The molecule has 1 aliphatic carbocycles. The van der Waals surface area contributed by atoms with Crippen molar-refractivity contribution in [3.8, 4) is 11.4 Å². The first kappa shape index (κ1) is 18.9. The second-order valence-electron chi connectivity index (χ2n) is 7.10. The second-order valence-corrected chi connectivity index (χ2v) is 7.10. The average Bonchev–Trinajstić information content (AvgIpc) is 3.38. The number of anilines is 1. The fraction of sp³-hybridized carbons (Fsp3) is 0.217. The summed E-state index contributed by atoms with van der Waals surface area (Å²) in [7, 11) is 0. The van der Waals surface area contributed by atoms with E-state index in [1.54, 1.807) is 12.3 Å². The van der Waals surface area contributed by atoms with E-state index in [4.69, 9.17) is 4.74 Å². The first-order valence-electron chi connectivity index (χ1n) is 9.57. The number of carbonyl (C=O) groups excluding carboxylic acids is 1. The molecular formula is C23H22FN3O2. The summed E-state index contributed by atoms with van der Waals surface area (Å²) in [6, 6.07) is 12.2. The fourth-order valence-corrected chi connectivity index (χ4v) is 3.36. The Morgan fingerprint density at radius 1 is 1.21 bits per heavy atom. The van der Waals surface area contributed by atoms with Crippen LogP contribution in [0.4, 0.5) is 10.1 Å². The van der Waals surface area contributed by atoms with Crippen LogP contribution in [0.2, 0.25) is 0 Å². The zero-order chi connectivity index (χ0) is 20.2. The number of imidazole rings is 1. The number of hydrogen-bond acceptors (Lipinski definition) is 3. The number of rotatable bonds is 6. The van der Waals surface area contributed by atoms with Gasteiger partial charge in [-0.3, -0.25) is 4.79 Å². The molecule has 1 aromatic heterocycles. The number of carbonyl (C=O) groups is 1. The third kappa shape index (κ3) is 4.54. The van der Waals surface area contributed by atoms with Crippen LogP contribution in [-0.2, 0) is 11.4 Å². The van der Waals surface area contributed by atoms with Crippen molar-refractivity contribution in [2.24, 2.45) is 5.92 Å². The number of allylic oxidation sites excluding steroid dienone is 2. The zero-order valence-corrected chi connectivity index (χ0v) is 16.1. The van der Waals surface area contributed by atoms with Crippen molar-refractivity contribution in [2.45, 2.75) is 26.4 Å². The minimum Gasteiger partial charge on any atom is -0.489 e. The van der Waals surface area contributed by atoms with Gasteiger partial charge >= 0.3 is 0 Å². The average molecular weight is 391 g/mol. The number of ether oxygens (including phenoxy) is 1. The van der Waals surface area contributed by atoms with E-state index in [2.05, 4.69) is 10.3 Å². The minimum atomic E-state index is -0.451. The van der Waals surface area contributed by atoms with Gasteiger partial charge < -0.3 is 14.6 Å². The number of halogens is 1. The number of nitrogens with one attached hydrogen (secondary N) is 1. The summed E-state index contributed by atoms with van der Waals surface area (Å²) < 4.78 is 21.7. The summed E-state index contributed by atoms with van der Waals surface area (Å²) in [6.07, 6.45) is 9.09. The van der Waals surface area contributed by atoms with Crippen molar-refractivity contribution in [2.75, 3.05) is 5.32 Å². The number of amides is 1. The van der Waals surface area contributed by atoms with E-state index in [1.807, 2.05) is 54.1 Å². The highest BCUT2D eigenvalue weighted by Gasteiger charge is 2.19. The number of hydrogen-bond donors (Lipinski definition) is 1. The van der Waals surface area contributed by atoms with Crippen LogP contribution in [0.15, 0.2) is 67.0 Å². The summed E-state index contributed by atoms with van der Waals surface area (Å²) in [5, 5.41) is 2.78. The van der Waals surface area contributed by atoms with Gasteiger partial charge in [-0.05, 0) is 43.5 Å². The minimum absolute atomic E-state index is 0.0831. The van der Waals surface area contributed by atoms with Crippen LogP contribution >= 0.6 is 0 Å². The van der Waals surface area contributed by atoms with Gasteiger partial charge in [0.15, 0.2) is 0 Å². The summed E-state index contributed by atoms with van der Waals surface area (Å²) in [5.74, 6) is 0.654. The quantitative estimate of drug-likeness (QED) is 0.614. The number of aryl methyl sites for hydroxylation is 1. The van der Waals surface area contributed by atoms with E-state index in [-0.39, 0.29) is 11.8 Å². The third-order valence-corrected chi connectivity index (χ3v) is 4.96. The summed E-state index contributed by atoms with van der Waals surface area (Å²) >= 11 is 0. The topological polar surface area (TPSA) is 56.1 Å². The molecule has 6 heteroatoms. The van der Waals surface area contributed by atoms with Crippen molar-refractivity contribution >= 4 is 11.6 Å². The molecule has 148 valence electrons. The first-order valence-corrected chi connectivity index (χ1v) is 9.57. The van der Waals surface area contributed by atoms with Gasteiger partial charge in [-0.1, -0.05) is 24.3 Å². The molecule has 29 heavy (non-hydrogen) atoms. The Morgan fingerprint density at radius 2 is 1.97 bits per heavy atom. The lowest BCUT2D eigenvalue weighted by Gasteiger charge is -2.13. The second kappa shape index (κ2) is 8.31. The van der Waals surface area contributed by atoms with Crippen molar-refractivity contribution < 1.29 is 13.9 Å². The Kier molecular flexibility index (Phi) is 5.42. The molecule has 0 spiro atoms. The Balaban J connectivity index is 1.39. The highest BCUT2D eigenvalue weighted by Crippen LogP contribution is 2.24. The Hall–Kier alpha value is -3.41. The molecule has 0 unspecified atom stereocenters. The van der Waals surface area contributed by atoms with Crippen LogP contribution in [0.3, 0.4) is 0 Å². The molecule has 3 aromatic rings. The Bertz CT molecular complexity index is 1030. The number of aromatic nitrogens is 2. The zero-order valence-electron chi connectivity index (χ0n) is 16.1. The number of nitrogens with zero attached hydrogens (tertiary/aromatic N) is 2. The van der Waals surface area contributed by atoms with Gasteiger partial charge in [0.1, 0.15) is 24.0 Å². The molecule has 0 radical (unpaired) electrons. The van der Waals surface area contributed by atoms with Crippen LogP contribution in [0.1, 0.15) is 24.2 Å². The monoisotopic (exact) mass is 391 g/mol. The molecule has 2 aromatic carbocycles. The van der Waals surface area contributed by atoms with Crippen molar-refractivity contribution in [1.82, 2.24) is 9.55 Å². The van der Waals surface area contributed by atoms with E-state index in [1.165, 1.54) is 12.1 Å². The van der Waals surface area contributed by atoms with Crippen LogP contribution < -0.4 is 10.1 Å².